The number of nitrogens with two attached hydrogens (primary N) is 1. The normalized spacial score (nSPS) is 15.4. The average molecular weight is 191 g/mol. The zero-order chi connectivity index (χ0) is 9.07. The average Bonchev–Trinajstić information content (AvgIpc) is 1.53. The van der Waals surface area contributed by atoms with Crippen LogP contribution in [0.2, 0.25) is 0 Å². The van der Waals surface area contributed by atoms with Crippen LogP contribution < -0.4 is 5.73 Å². The molecule has 1 atom stereocenters. The molecule has 11 heavy (non-hydrogen) atoms. The summed E-state index contributed by atoms with van der Waals surface area (Å²) in [7, 11) is -4.73. The lowest BCUT2D eigenvalue weighted by Gasteiger charge is -2.06. The lowest BCUT2D eigenvalue weighted by atomic mass is 10.3. The van der Waals surface area contributed by atoms with Gasteiger partial charge in [-0.15, -0.1) is 3.89 Å². The van der Waals surface area contributed by atoms with Crippen LogP contribution in [0.3, 0.4) is 0 Å². The van der Waals surface area contributed by atoms with Crippen molar-refractivity contribution in [3.63, 3.8) is 0 Å². The Morgan fingerprint density at radius 3 is 2.09 bits per heavy atom. The second-order valence-electron chi connectivity index (χ2n) is 2.09. The molecule has 0 saturated carbocycles. The molecule has 0 heterocycles. The van der Waals surface area contributed by atoms with E-state index in [-0.39, 0.29) is 0 Å². The third-order valence-electron chi connectivity index (χ3n) is 0.894. The predicted octanol–water partition coefficient (Wildman–Crippen LogP) is 0.268. The van der Waals surface area contributed by atoms with Crippen LogP contribution in [0.4, 0.5) is 12.7 Å². The maximum absolute atomic E-state index is 11.7. The van der Waals surface area contributed by atoms with Crippen LogP contribution in [0, 0.1) is 0 Å². The molecule has 0 bridgehead atoms. The van der Waals surface area contributed by atoms with E-state index in [2.05, 4.69) is 0 Å². The van der Waals surface area contributed by atoms with Crippen LogP contribution >= 0.6 is 0 Å². The van der Waals surface area contributed by atoms with Crippen LogP contribution in [0.5, 0.6) is 0 Å². The van der Waals surface area contributed by atoms with E-state index in [1.54, 1.807) is 0 Å². The number of hydrogen-bond acceptors (Lipinski definition) is 3. The molecule has 2 N–H and O–H groups in total. The molecule has 3 nitrogen and oxygen atoms in total. The Morgan fingerprint density at radius 2 is 1.82 bits per heavy atom. The van der Waals surface area contributed by atoms with Crippen molar-refractivity contribution in [3.8, 4) is 0 Å². The summed E-state index contributed by atoms with van der Waals surface area (Å²) < 4.78 is 54.3. The van der Waals surface area contributed by atoms with Crippen molar-refractivity contribution in [3.05, 3.63) is 0 Å². The number of alkyl halides is 2. The Bertz CT molecular complexity index is 203. The summed E-state index contributed by atoms with van der Waals surface area (Å²) in [6.07, 6.45) is -3.50. The molecule has 0 aliphatic rings. The first kappa shape index (κ1) is 10.7. The Morgan fingerprint density at radius 1 is 1.36 bits per heavy atom. The van der Waals surface area contributed by atoms with Crippen LogP contribution in [0.15, 0.2) is 0 Å². The highest BCUT2D eigenvalue weighted by atomic mass is 32.3. The van der Waals surface area contributed by atoms with Gasteiger partial charge >= 0.3 is 10.2 Å². The van der Waals surface area contributed by atoms with Gasteiger partial charge < -0.3 is 5.73 Å². The minimum Gasteiger partial charge on any atom is -0.326 e. The molecule has 0 aromatic heterocycles. The van der Waals surface area contributed by atoms with Gasteiger partial charge in [-0.05, 0) is 0 Å². The number of halogens is 3. The van der Waals surface area contributed by atoms with E-state index >= 15 is 0 Å². The van der Waals surface area contributed by atoms with Crippen molar-refractivity contribution in [1.82, 2.24) is 0 Å². The highest BCUT2D eigenvalue weighted by Crippen LogP contribution is 2.04. The predicted molar refractivity (Wildman–Crippen MR) is 33.5 cm³/mol. The maximum atomic E-state index is 11.7. The van der Waals surface area contributed by atoms with Crippen molar-refractivity contribution in [2.75, 3.05) is 5.75 Å². The van der Waals surface area contributed by atoms with Gasteiger partial charge in [0.05, 0.1) is 5.75 Å². The fourth-order valence-corrected chi connectivity index (χ4v) is 1.20. The van der Waals surface area contributed by atoms with Gasteiger partial charge in [-0.3, -0.25) is 0 Å². The van der Waals surface area contributed by atoms with E-state index in [1.807, 2.05) is 0 Å². The fourth-order valence-electron chi connectivity index (χ4n) is 0.553. The molecule has 0 aromatic carbocycles. The summed E-state index contributed by atoms with van der Waals surface area (Å²) in [6, 6.07) is -1.33. The van der Waals surface area contributed by atoms with Crippen LogP contribution in [-0.4, -0.2) is 26.6 Å². The zero-order valence-electron chi connectivity index (χ0n) is 5.50. The molecule has 0 amide bonds. The second kappa shape index (κ2) is 3.91. The summed E-state index contributed by atoms with van der Waals surface area (Å²) in [6.45, 7) is 0. The first-order valence-corrected chi connectivity index (χ1v) is 4.32. The molecule has 0 rings (SSSR count). The smallest absolute Gasteiger partial charge is 0.303 e. The summed E-state index contributed by atoms with van der Waals surface area (Å²) >= 11 is 0. The van der Waals surface area contributed by atoms with Crippen LogP contribution in [0.1, 0.15) is 6.42 Å². The molecule has 0 aromatic rings. The third-order valence-corrected chi connectivity index (χ3v) is 1.72. The van der Waals surface area contributed by atoms with Gasteiger partial charge in [0.25, 0.3) is 0 Å². The Labute approximate surface area is 62.6 Å². The quantitative estimate of drug-likeness (QED) is 0.649. The van der Waals surface area contributed by atoms with Crippen molar-refractivity contribution < 1.29 is 21.1 Å². The lowest BCUT2D eigenvalue weighted by molar-refractivity contribution is 0.131. The molecule has 0 spiro atoms. The van der Waals surface area contributed by atoms with Crippen molar-refractivity contribution in [2.45, 2.75) is 18.9 Å². The molecule has 1 unspecified atom stereocenters. The standard InChI is InChI=1S/C4H8F3NO2S/c5-4(6)1-3(8)2-11(7,9)10/h3-4H,1-2,8H2. The third kappa shape index (κ3) is 7.60. The molecule has 0 saturated heterocycles. The summed E-state index contributed by atoms with van der Waals surface area (Å²) in [5, 5.41) is 0. The van der Waals surface area contributed by atoms with E-state index in [0.717, 1.165) is 0 Å². The van der Waals surface area contributed by atoms with Crippen molar-refractivity contribution in [2.24, 2.45) is 5.73 Å². The van der Waals surface area contributed by atoms with Gasteiger partial charge in [-0.25, -0.2) is 8.78 Å². The van der Waals surface area contributed by atoms with Gasteiger partial charge in [0, 0.05) is 12.5 Å². The SMILES string of the molecule is NC(CC(F)F)CS(=O)(=O)F. The first-order chi connectivity index (χ1) is 4.81. The van der Waals surface area contributed by atoms with Gasteiger partial charge in [0.15, 0.2) is 0 Å². The van der Waals surface area contributed by atoms with E-state index in [4.69, 9.17) is 5.73 Å². The molecular weight excluding hydrogens is 183 g/mol. The topological polar surface area (TPSA) is 60.2 Å². The van der Waals surface area contributed by atoms with Crippen LogP contribution in [-0.2, 0) is 10.2 Å². The molecule has 0 aliphatic carbocycles. The fraction of sp³-hybridized carbons (Fsp3) is 1.00. The summed E-state index contributed by atoms with van der Waals surface area (Å²) in [5.74, 6) is -1.04. The van der Waals surface area contributed by atoms with Crippen LogP contribution in [0.25, 0.3) is 0 Å². The van der Waals surface area contributed by atoms with Gasteiger partial charge in [-0.1, -0.05) is 0 Å². The molecule has 68 valence electrons. The Kier molecular flexibility index (Phi) is 3.81. The van der Waals surface area contributed by atoms with E-state index in [1.165, 1.54) is 0 Å². The highest BCUT2D eigenvalue weighted by Gasteiger charge is 2.18. The zero-order valence-corrected chi connectivity index (χ0v) is 6.32. The molecule has 0 radical (unpaired) electrons. The summed E-state index contributed by atoms with van der Waals surface area (Å²) in [5.41, 5.74) is 4.86. The minimum absolute atomic E-state index is 0.802. The minimum atomic E-state index is -4.73. The lowest BCUT2D eigenvalue weighted by Crippen LogP contribution is -2.30. The second-order valence-corrected chi connectivity index (χ2v) is 3.50. The van der Waals surface area contributed by atoms with Crippen molar-refractivity contribution in [1.29, 1.82) is 0 Å². The highest BCUT2D eigenvalue weighted by molar-refractivity contribution is 7.86. The Balaban J connectivity index is 3.80. The Hall–Kier alpha value is -0.300. The molecular formula is C4H8F3NO2S. The number of rotatable bonds is 4. The maximum Gasteiger partial charge on any atom is 0.303 e. The molecule has 7 heteroatoms. The van der Waals surface area contributed by atoms with E-state index in [0.29, 0.717) is 0 Å². The summed E-state index contributed by atoms with van der Waals surface area (Å²) in [4.78, 5) is 0. The molecule has 0 aliphatic heterocycles. The first-order valence-electron chi connectivity index (χ1n) is 2.77. The molecule has 0 fully saturated rings. The van der Waals surface area contributed by atoms with Crippen molar-refractivity contribution >= 4 is 10.2 Å². The van der Waals surface area contributed by atoms with Gasteiger partial charge in [0.1, 0.15) is 0 Å². The largest absolute Gasteiger partial charge is 0.326 e. The number of hydrogen-bond donors (Lipinski definition) is 1. The van der Waals surface area contributed by atoms with E-state index in [9.17, 15) is 21.1 Å². The van der Waals surface area contributed by atoms with E-state index < -0.39 is 34.9 Å². The monoisotopic (exact) mass is 191 g/mol. The van der Waals surface area contributed by atoms with Gasteiger partial charge in [-0.2, -0.15) is 8.42 Å². The van der Waals surface area contributed by atoms with Gasteiger partial charge in [0.2, 0.25) is 6.43 Å².